The number of amides is 2. The van der Waals surface area contributed by atoms with E-state index in [0.29, 0.717) is 13.1 Å². The molecular formula is C21H19Cl2N3O4S2. The van der Waals surface area contributed by atoms with Gasteiger partial charge in [-0.15, -0.1) is 11.3 Å². The second-order valence-corrected chi connectivity index (χ2v) is 11.3. The first-order chi connectivity index (χ1) is 15.1. The van der Waals surface area contributed by atoms with Gasteiger partial charge in [-0.1, -0.05) is 23.2 Å². The van der Waals surface area contributed by atoms with Crippen LogP contribution in [0.5, 0.6) is 0 Å². The molecule has 2 amide bonds. The maximum absolute atomic E-state index is 13.4. The lowest BCUT2D eigenvalue weighted by Gasteiger charge is -2.20. The van der Waals surface area contributed by atoms with E-state index in [0.717, 1.165) is 18.4 Å². The third-order valence-corrected chi connectivity index (χ3v) is 8.75. The first-order valence-corrected chi connectivity index (χ1v) is 12.8. The molecule has 0 radical (unpaired) electrons. The SMILES string of the molecule is Cc1c(C(=O)N2CCCc3sccc3C2)[nH]c(C(N)=O)c1S(=O)(=O)c1cc(Cl)cc(Cl)c1. The molecule has 0 saturated carbocycles. The van der Waals surface area contributed by atoms with Crippen LogP contribution in [0.2, 0.25) is 10.0 Å². The zero-order valence-electron chi connectivity index (χ0n) is 16.9. The predicted molar refractivity (Wildman–Crippen MR) is 123 cm³/mol. The highest BCUT2D eigenvalue weighted by atomic mass is 35.5. The fourth-order valence-corrected chi connectivity index (χ4v) is 7.20. The predicted octanol–water partition coefficient (Wildman–Crippen LogP) is 4.21. The van der Waals surface area contributed by atoms with Gasteiger partial charge in [0, 0.05) is 28.0 Å². The summed E-state index contributed by atoms with van der Waals surface area (Å²) in [5.41, 5.74) is 6.33. The number of aromatic amines is 1. The minimum atomic E-state index is -4.25. The minimum absolute atomic E-state index is 0.0178. The summed E-state index contributed by atoms with van der Waals surface area (Å²) < 4.78 is 26.8. The Bertz CT molecular complexity index is 1320. The summed E-state index contributed by atoms with van der Waals surface area (Å²) in [7, 11) is -4.25. The van der Waals surface area contributed by atoms with Crippen molar-refractivity contribution < 1.29 is 18.0 Å². The van der Waals surface area contributed by atoms with Gasteiger partial charge in [0.2, 0.25) is 9.84 Å². The smallest absolute Gasteiger partial charge is 0.270 e. The number of H-pyrrole nitrogens is 1. The molecule has 1 aliphatic heterocycles. The van der Waals surface area contributed by atoms with E-state index in [1.165, 1.54) is 30.0 Å². The molecule has 0 fully saturated rings. The third-order valence-electron chi connectivity index (χ3n) is 5.39. The molecule has 3 heterocycles. The van der Waals surface area contributed by atoms with E-state index in [2.05, 4.69) is 4.98 Å². The maximum atomic E-state index is 13.4. The summed E-state index contributed by atoms with van der Waals surface area (Å²) >= 11 is 13.6. The fourth-order valence-electron chi connectivity index (χ4n) is 3.88. The summed E-state index contributed by atoms with van der Waals surface area (Å²) in [6.07, 6.45) is 1.66. The molecule has 1 aromatic carbocycles. The molecule has 3 aromatic rings. The molecule has 1 aliphatic rings. The van der Waals surface area contributed by atoms with E-state index in [9.17, 15) is 18.0 Å². The van der Waals surface area contributed by atoms with Crippen LogP contribution in [-0.2, 0) is 22.8 Å². The molecule has 0 spiro atoms. The number of hydrogen-bond acceptors (Lipinski definition) is 5. The number of carbonyl (C=O) groups is 2. The van der Waals surface area contributed by atoms with Crippen molar-refractivity contribution in [1.82, 2.24) is 9.88 Å². The number of hydrogen-bond donors (Lipinski definition) is 2. The van der Waals surface area contributed by atoms with Crippen LogP contribution in [0.4, 0.5) is 0 Å². The minimum Gasteiger partial charge on any atom is -0.364 e. The average Bonchev–Trinajstić information content (AvgIpc) is 3.24. The number of primary amides is 1. The van der Waals surface area contributed by atoms with E-state index in [4.69, 9.17) is 28.9 Å². The number of carbonyl (C=O) groups excluding carboxylic acids is 2. The van der Waals surface area contributed by atoms with E-state index in [1.807, 2.05) is 11.4 Å². The second-order valence-electron chi connectivity index (χ2n) is 7.50. The maximum Gasteiger partial charge on any atom is 0.270 e. The van der Waals surface area contributed by atoms with E-state index in [1.54, 1.807) is 16.2 Å². The van der Waals surface area contributed by atoms with Crippen molar-refractivity contribution in [2.24, 2.45) is 5.73 Å². The van der Waals surface area contributed by atoms with Crippen molar-refractivity contribution in [3.63, 3.8) is 0 Å². The molecule has 0 atom stereocenters. The summed E-state index contributed by atoms with van der Waals surface area (Å²) in [6.45, 7) is 2.40. The lowest BCUT2D eigenvalue weighted by molar-refractivity contribution is 0.0740. The first-order valence-electron chi connectivity index (χ1n) is 9.67. The van der Waals surface area contributed by atoms with Gasteiger partial charge in [-0.25, -0.2) is 8.42 Å². The number of nitrogens with two attached hydrogens (primary N) is 1. The molecule has 11 heteroatoms. The molecular weight excluding hydrogens is 493 g/mol. The molecule has 32 heavy (non-hydrogen) atoms. The summed E-state index contributed by atoms with van der Waals surface area (Å²) in [5.74, 6) is -1.38. The number of nitrogens with one attached hydrogen (secondary N) is 1. The van der Waals surface area contributed by atoms with Gasteiger partial charge in [0.1, 0.15) is 16.3 Å². The average molecular weight is 512 g/mol. The van der Waals surface area contributed by atoms with Crippen LogP contribution in [0.15, 0.2) is 39.4 Å². The van der Waals surface area contributed by atoms with Crippen molar-refractivity contribution in [2.75, 3.05) is 6.54 Å². The molecule has 0 unspecified atom stereocenters. The Morgan fingerprint density at radius 1 is 1.16 bits per heavy atom. The Hall–Kier alpha value is -2.33. The molecule has 0 aliphatic carbocycles. The number of halogens is 2. The van der Waals surface area contributed by atoms with E-state index < -0.39 is 21.7 Å². The molecule has 2 aromatic heterocycles. The molecule has 3 N–H and O–H groups in total. The quantitative estimate of drug-likeness (QED) is 0.545. The van der Waals surface area contributed by atoms with E-state index >= 15 is 0 Å². The molecule has 7 nitrogen and oxygen atoms in total. The van der Waals surface area contributed by atoms with Crippen LogP contribution < -0.4 is 5.73 Å². The van der Waals surface area contributed by atoms with Gasteiger partial charge in [-0.3, -0.25) is 9.59 Å². The number of aromatic nitrogens is 1. The van der Waals surface area contributed by atoms with Crippen molar-refractivity contribution in [1.29, 1.82) is 0 Å². The van der Waals surface area contributed by atoms with Crippen LogP contribution in [-0.4, -0.2) is 36.7 Å². The van der Waals surface area contributed by atoms with Gasteiger partial charge >= 0.3 is 0 Å². The normalized spacial score (nSPS) is 14.2. The van der Waals surface area contributed by atoms with Crippen LogP contribution in [0.1, 0.15) is 43.4 Å². The number of benzene rings is 1. The summed E-state index contributed by atoms with van der Waals surface area (Å²) in [4.78, 5) is 30.5. The fraction of sp³-hybridized carbons (Fsp3) is 0.238. The highest BCUT2D eigenvalue weighted by Gasteiger charge is 2.34. The summed E-state index contributed by atoms with van der Waals surface area (Å²) in [6, 6.07) is 5.84. The Morgan fingerprint density at radius 3 is 2.50 bits per heavy atom. The molecule has 4 rings (SSSR count). The molecule has 168 valence electrons. The monoisotopic (exact) mass is 511 g/mol. The van der Waals surface area contributed by atoms with Gasteiger partial charge in [0.05, 0.1) is 4.90 Å². The Balaban J connectivity index is 1.80. The van der Waals surface area contributed by atoms with Gasteiger partial charge in [-0.2, -0.15) is 0 Å². The standard InChI is InChI=1S/C21H19Cl2N3O4S2/c1-11-17(21(28)26-5-2-3-16-12(10-26)4-6-31-16)25-18(20(24)27)19(11)32(29,30)15-8-13(22)7-14(23)9-15/h4,6-9,25H,2-3,5,10H2,1H3,(H2,24,27). The molecule has 0 bridgehead atoms. The topological polar surface area (TPSA) is 113 Å². The zero-order valence-corrected chi connectivity index (χ0v) is 20.1. The Morgan fingerprint density at radius 2 is 1.84 bits per heavy atom. The lowest BCUT2D eigenvalue weighted by atomic mass is 10.2. The number of fused-ring (bicyclic) bond motifs is 1. The highest BCUT2D eigenvalue weighted by Crippen LogP contribution is 2.33. The van der Waals surface area contributed by atoms with Crippen molar-refractivity contribution in [3.05, 3.63) is 67.1 Å². The summed E-state index contributed by atoms with van der Waals surface area (Å²) in [5, 5.41) is 2.24. The van der Waals surface area contributed by atoms with Crippen LogP contribution in [0.3, 0.4) is 0 Å². The van der Waals surface area contributed by atoms with Crippen molar-refractivity contribution in [3.8, 4) is 0 Å². The zero-order chi connectivity index (χ0) is 23.2. The van der Waals surface area contributed by atoms with Crippen LogP contribution in [0, 0.1) is 6.92 Å². The largest absolute Gasteiger partial charge is 0.364 e. The van der Waals surface area contributed by atoms with Crippen molar-refractivity contribution >= 4 is 56.2 Å². The van der Waals surface area contributed by atoms with Crippen LogP contribution >= 0.6 is 34.5 Å². The van der Waals surface area contributed by atoms with Gasteiger partial charge in [0.25, 0.3) is 11.8 Å². The Kier molecular flexibility index (Phi) is 6.10. The first kappa shape index (κ1) is 22.8. The second kappa shape index (κ2) is 8.55. The molecule has 0 saturated heterocycles. The third kappa shape index (κ3) is 4.05. The van der Waals surface area contributed by atoms with Gasteiger partial charge in [-0.05, 0) is 60.5 Å². The number of rotatable bonds is 4. The van der Waals surface area contributed by atoms with Crippen LogP contribution in [0.25, 0.3) is 0 Å². The van der Waals surface area contributed by atoms with Gasteiger partial charge in [0.15, 0.2) is 0 Å². The number of aryl methyl sites for hydroxylation is 1. The number of sulfone groups is 1. The Labute approximate surface area is 199 Å². The number of nitrogens with zero attached hydrogens (tertiary/aromatic N) is 1. The van der Waals surface area contributed by atoms with Crippen molar-refractivity contribution in [2.45, 2.75) is 36.1 Å². The van der Waals surface area contributed by atoms with Gasteiger partial charge < -0.3 is 15.6 Å². The highest BCUT2D eigenvalue weighted by molar-refractivity contribution is 7.91. The lowest BCUT2D eigenvalue weighted by Crippen LogP contribution is -2.31. The number of thiophene rings is 1. The van der Waals surface area contributed by atoms with E-state index in [-0.39, 0.29) is 36.8 Å².